The Morgan fingerprint density at radius 1 is 1.83 bits per heavy atom. The zero-order chi connectivity index (χ0) is 4.71. The van der Waals surface area contributed by atoms with Crippen molar-refractivity contribution in [1.29, 1.82) is 5.26 Å². The van der Waals surface area contributed by atoms with Gasteiger partial charge in [0.1, 0.15) is 5.40 Å². The van der Waals surface area contributed by atoms with E-state index in [-0.39, 0.29) is 52.8 Å². The van der Waals surface area contributed by atoms with Crippen LogP contribution in [0, 0.1) is 10.7 Å². The second-order valence-corrected chi connectivity index (χ2v) is 0.300. The smallest absolute Gasteiger partial charge is 1.00 e. The molecule has 32 valence electrons. The van der Waals surface area contributed by atoms with Crippen LogP contribution in [0.4, 0.5) is 0 Å². The summed E-state index contributed by atoms with van der Waals surface area (Å²) in [5.74, 6) is 0. The maximum absolute atomic E-state index is 7.18. The number of thiocyanates is 1. The van der Waals surface area contributed by atoms with Crippen molar-refractivity contribution in [2.45, 2.75) is 0 Å². The molecular formula is CH3ClKNOS. The predicted molar refractivity (Wildman–Crippen MR) is 23.8 cm³/mol. The van der Waals surface area contributed by atoms with Crippen LogP contribution in [0.15, 0.2) is 0 Å². The first-order valence-corrected chi connectivity index (χ1v) is 1.40. The first-order valence-electron chi connectivity index (χ1n) is 0.616. The van der Waals surface area contributed by atoms with E-state index >= 15 is 0 Å². The third kappa shape index (κ3) is 42.9. The Morgan fingerprint density at radius 2 is 1.83 bits per heavy atom. The normalized spacial score (nSPS) is 2.33. The number of hydrogen-bond donors (Lipinski definition) is 2. The molecule has 0 unspecified atom stereocenters. The maximum Gasteiger partial charge on any atom is 1.00 e. The minimum atomic E-state index is 0. The Balaban J connectivity index is -0.0000000105. The summed E-state index contributed by atoms with van der Waals surface area (Å²) in [5, 5.41) is 8.63. The van der Waals surface area contributed by atoms with Gasteiger partial charge >= 0.3 is 51.4 Å². The SMILES string of the molecule is N#CS.OCl.[H-].[K+]. The second kappa shape index (κ2) is 29.7. The summed E-state index contributed by atoms with van der Waals surface area (Å²) in [6.07, 6.45) is 0. The molecule has 0 spiro atoms. The third-order valence-electron chi connectivity index (χ3n) is 0. The van der Waals surface area contributed by atoms with Crippen LogP contribution < -0.4 is 51.4 Å². The first kappa shape index (κ1) is 15.6. The van der Waals surface area contributed by atoms with Gasteiger partial charge in [0.15, 0.2) is 0 Å². The van der Waals surface area contributed by atoms with Crippen LogP contribution in [0.1, 0.15) is 1.43 Å². The zero-order valence-electron chi connectivity index (χ0n) is 4.22. The molecule has 0 aliphatic carbocycles. The Hall–Kier alpha value is 1.73. The molecule has 0 atom stereocenters. The third-order valence-corrected chi connectivity index (χ3v) is 0. The van der Waals surface area contributed by atoms with Crippen LogP contribution in [0.3, 0.4) is 0 Å². The van der Waals surface area contributed by atoms with E-state index < -0.39 is 0 Å². The van der Waals surface area contributed by atoms with Gasteiger partial charge in [-0.2, -0.15) is 5.26 Å². The van der Waals surface area contributed by atoms with Crippen molar-refractivity contribution in [3.8, 4) is 5.40 Å². The molecule has 5 heteroatoms. The van der Waals surface area contributed by atoms with Crippen LogP contribution in [0.5, 0.6) is 0 Å². The fraction of sp³-hybridized carbons (Fsp3) is 0. The molecular weight excluding hydrogens is 149 g/mol. The van der Waals surface area contributed by atoms with E-state index in [0.717, 1.165) is 0 Å². The van der Waals surface area contributed by atoms with E-state index in [1.807, 2.05) is 0 Å². The number of rotatable bonds is 0. The second-order valence-electron chi connectivity index (χ2n) is 0.100. The summed E-state index contributed by atoms with van der Waals surface area (Å²) < 4.78 is 6.47. The van der Waals surface area contributed by atoms with Crippen molar-refractivity contribution < 1.29 is 57.5 Å². The molecule has 0 aliphatic rings. The van der Waals surface area contributed by atoms with Gasteiger partial charge in [0.05, 0.1) is 11.9 Å². The average Bonchev–Trinajstić information content (AvgIpc) is 1.46. The molecule has 0 fully saturated rings. The van der Waals surface area contributed by atoms with E-state index in [0.29, 0.717) is 0 Å². The van der Waals surface area contributed by atoms with Gasteiger partial charge in [-0.15, -0.1) is 0 Å². The molecule has 0 radical (unpaired) electrons. The average molecular weight is 152 g/mol. The van der Waals surface area contributed by atoms with Gasteiger partial charge in [0, 0.05) is 0 Å². The number of nitrogens with zero attached hydrogens (tertiary/aromatic N) is 1. The van der Waals surface area contributed by atoms with Gasteiger partial charge in [0.2, 0.25) is 0 Å². The van der Waals surface area contributed by atoms with Gasteiger partial charge in [-0.3, -0.25) is 4.66 Å². The van der Waals surface area contributed by atoms with E-state index in [9.17, 15) is 0 Å². The van der Waals surface area contributed by atoms with Crippen molar-refractivity contribution in [3.05, 3.63) is 0 Å². The van der Waals surface area contributed by atoms with Gasteiger partial charge in [-0.05, 0) is 0 Å². The Kier molecular flexibility index (Phi) is 77.4. The van der Waals surface area contributed by atoms with Crippen molar-refractivity contribution in [3.63, 3.8) is 0 Å². The molecule has 0 bridgehead atoms. The van der Waals surface area contributed by atoms with Gasteiger partial charge < -0.3 is 1.43 Å². The molecule has 6 heavy (non-hydrogen) atoms. The quantitative estimate of drug-likeness (QED) is 0.231. The number of hydrogen-bond acceptors (Lipinski definition) is 3. The summed E-state index contributed by atoms with van der Waals surface area (Å²) in [4.78, 5) is 0. The standard InChI is InChI=1S/CHNS.ClHO.K.H/c2-1-3;1-2;;/h3H;2H;;/q;;+1;-1. The summed E-state index contributed by atoms with van der Waals surface area (Å²) in [6.45, 7) is 0. The molecule has 2 nitrogen and oxygen atoms in total. The largest absolute Gasteiger partial charge is 1.00 e. The number of halogens is 1. The number of nitriles is 1. The fourth-order valence-electron chi connectivity index (χ4n) is 0. The topological polar surface area (TPSA) is 44.0 Å². The Bertz CT molecular complexity index is 41.2. The van der Waals surface area contributed by atoms with Crippen LogP contribution in [0.2, 0.25) is 0 Å². The zero-order valence-corrected chi connectivity index (χ0v) is 7.99. The molecule has 0 aliphatic heterocycles. The molecule has 0 aromatic rings. The minimum Gasteiger partial charge on any atom is -1.00 e. The summed E-state index contributed by atoms with van der Waals surface area (Å²) in [6, 6.07) is 0. The molecule has 0 rings (SSSR count). The summed E-state index contributed by atoms with van der Waals surface area (Å²) in [7, 11) is 0. The van der Waals surface area contributed by atoms with Crippen molar-refractivity contribution in [1.82, 2.24) is 0 Å². The van der Waals surface area contributed by atoms with Crippen molar-refractivity contribution >= 4 is 24.5 Å². The summed E-state index contributed by atoms with van der Waals surface area (Å²) >= 11 is 6.73. The van der Waals surface area contributed by atoms with Gasteiger partial charge in [-0.25, -0.2) is 0 Å². The fourth-order valence-corrected chi connectivity index (χ4v) is 0. The monoisotopic (exact) mass is 151 g/mol. The molecule has 0 heterocycles. The minimum absolute atomic E-state index is 0. The van der Waals surface area contributed by atoms with Gasteiger partial charge in [0.25, 0.3) is 0 Å². The van der Waals surface area contributed by atoms with E-state index in [4.69, 9.17) is 9.92 Å². The van der Waals surface area contributed by atoms with Crippen molar-refractivity contribution in [2.24, 2.45) is 0 Å². The molecule has 0 aromatic heterocycles. The molecule has 0 saturated carbocycles. The molecule has 0 amide bonds. The van der Waals surface area contributed by atoms with E-state index in [1.54, 1.807) is 0 Å². The molecule has 0 saturated heterocycles. The van der Waals surface area contributed by atoms with E-state index in [1.165, 1.54) is 5.40 Å². The van der Waals surface area contributed by atoms with Crippen LogP contribution in [0.25, 0.3) is 0 Å². The Labute approximate surface area is 91.0 Å². The van der Waals surface area contributed by atoms with Crippen LogP contribution >= 0.6 is 24.5 Å². The number of thiol groups is 1. The van der Waals surface area contributed by atoms with Crippen LogP contribution in [-0.4, -0.2) is 4.66 Å². The maximum atomic E-state index is 7.18. The van der Waals surface area contributed by atoms with Gasteiger partial charge in [-0.1, -0.05) is 12.6 Å². The molecule has 0 aromatic carbocycles. The first-order chi connectivity index (χ1) is 2.41. The van der Waals surface area contributed by atoms with Crippen molar-refractivity contribution in [2.75, 3.05) is 0 Å². The Morgan fingerprint density at radius 3 is 1.83 bits per heavy atom. The summed E-state index contributed by atoms with van der Waals surface area (Å²) in [5.41, 5.74) is 0. The van der Waals surface area contributed by atoms with Crippen LogP contribution in [-0.2, 0) is 0 Å². The predicted octanol–water partition coefficient (Wildman–Crippen LogP) is -2.35. The van der Waals surface area contributed by atoms with E-state index in [2.05, 4.69) is 24.5 Å². The molecule has 1 N–H and O–H groups in total.